The largest absolute Gasteiger partial charge is 0.114 e. The third kappa shape index (κ3) is 4.09. The van der Waals surface area contributed by atoms with Crippen LogP contribution in [0.5, 0.6) is 0 Å². The summed E-state index contributed by atoms with van der Waals surface area (Å²) in [5.74, 6) is 0.746. The Balaban J connectivity index is 1.39. The molecule has 2 aliphatic carbocycles. The molecule has 0 nitrogen and oxygen atoms in total. The molecule has 1 heteroatoms. The zero-order chi connectivity index (χ0) is 31.4. The van der Waals surface area contributed by atoms with Crippen molar-refractivity contribution < 1.29 is 0 Å². The minimum Gasteiger partial charge on any atom is -0.0686 e. The maximum atomic E-state index is 2.65. The lowest BCUT2D eigenvalue weighted by Crippen LogP contribution is -2.43. The van der Waals surface area contributed by atoms with Crippen molar-refractivity contribution in [2.24, 2.45) is 5.92 Å². The minimum absolute atomic E-state index is 0.147. The van der Waals surface area contributed by atoms with Crippen LogP contribution in [0.4, 0.5) is 0 Å². The van der Waals surface area contributed by atoms with Crippen molar-refractivity contribution in [2.75, 3.05) is 0 Å². The van der Waals surface area contributed by atoms with Crippen LogP contribution in [0.3, 0.4) is 0 Å². The number of fused-ring (bicyclic) bond motifs is 3. The Morgan fingerprint density at radius 1 is 0.756 bits per heavy atom. The molecule has 1 heterocycles. The molecule has 0 fully saturated rings. The van der Waals surface area contributed by atoms with E-state index in [1.54, 1.807) is 43.8 Å². The standard InChI is InChI=1S/C44H44Si/c1-26(2)36-25-37-33(29-19-21-31(22-20-29)44(4,5)6)16-12-18-35(37)40(36)38-24-30-23-27(3)42-39(30)41(43(38)45(42,7)8)34-17-11-14-28-13-9-10-15-32(28)34/h9-22,24-26,40H,23H2,1-8H3. The van der Waals surface area contributed by atoms with Crippen LogP contribution < -0.4 is 5.19 Å². The van der Waals surface area contributed by atoms with Gasteiger partial charge in [0.05, 0.1) is 0 Å². The minimum atomic E-state index is -1.97. The van der Waals surface area contributed by atoms with E-state index in [2.05, 4.69) is 152 Å². The Morgan fingerprint density at radius 3 is 2.18 bits per heavy atom. The van der Waals surface area contributed by atoms with Crippen molar-refractivity contribution in [1.82, 2.24) is 0 Å². The Labute approximate surface area is 270 Å². The van der Waals surface area contributed by atoms with Gasteiger partial charge in [0.2, 0.25) is 0 Å². The molecule has 0 aromatic heterocycles. The summed E-state index contributed by atoms with van der Waals surface area (Å²) in [5.41, 5.74) is 17.9. The van der Waals surface area contributed by atoms with Crippen LogP contribution in [0.1, 0.15) is 80.8 Å². The highest BCUT2D eigenvalue weighted by Gasteiger charge is 2.49. The van der Waals surface area contributed by atoms with E-state index in [0.717, 1.165) is 6.42 Å². The molecular weight excluding hydrogens is 557 g/mol. The van der Waals surface area contributed by atoms with Crippen LogP contribution in [-0.2, 0) is 11.8 Å². The van der Waals surface area contributed by atoms with E-state index in [9.17, 15) is 0 Å². The molecule has 0 saturated carbocycles. The van der Waals surface area contributed by atoms with E-state index >= 15 is 0 Å². The lowest BCUT2D eigenvalue weighted by atomic mass is 9.80. The van der Waals surface area contributed by atoms with Gasteiger partial charge in [-0.1, -0.05) is 156 Å². The van der Waals surface area contributed by atoms with Gasteiger partial charge in [-0.15, -0.1) is 0 Å². The van der Waals surface area contributed by atoms with Gasteiger partial charge in [0.1, 0.15) is 8.07 Å². The van der Waals surface area contributed by atoms with Crippen molar-refractivity contribution in [1.29, 1.82) is 0 Å². The maximum Gasteiger partial charge on any atom is 0.114 e. The first-order valence-corrected chi connectivity index (χ1v) is 19.8. The van der Waals surface area contributed by atoms with Gasteiger partial charge in [-0.3, -0.25) is 0 Å². The van der Waals surface area contributed by atoms with E-state index in [1.807, 2.05) is 0 Å². The molecule has 5 aromatic rings. The van der Waals surface area contributed by atoms with Gasteiger partial charge in [-0.2, -0.15) is 0 Å². The number of hydrogen-bond acceptors (Lipinski definition) is 0. The normalized spacial score (nSPS) is 17.9. The summed E-state index contributed by atoms with van der Waals surface area (Å²) < 4.78 is 0. The van der Waals surface area contributed by atoms with E-state index < -0.39 is 8.07 Å². The summed E-state index contributed by atoms with van der Waals surface area (Å²) in [6, 6.07) is 35.0. The molecule has 0 amide bonds. The zero-order valence-electron chi connectivity index (χ0n) is 28.1. The van der Waals surface area contributed by atoms with Gasteiger partial charge in [-0.25, -0.2) is 0 Å². The maximum absolute atomic E-state index is 2.65. The molecule has 0 spiro atoms. The summed E-state index contributed by atoms with van der Waals surface area (Å²) in [6.07, 6.45) is 3.65. The van der Waals surface area contributed by atoms with Crippen molar-refractivity contribution >= 4 is 35.3 Å². The second-order valence-corrected chi connectivity index (χ2v) is 19.9. The predicted octanol–water partition coefficient (Wildman–Crippen LogP) is 11.5. The lowest BCUT2D eigenvalue weighted by molar-refractivity contribution is 0.590. The fraction of sp³-hybridized carbons (Fsp3) is 0.273. The summed E-state index contributed by atoms with van der Waals surface area (Å²) in [6.45, 7) is 19.3. The molecule has 1 aliphatic heterocycles. The SMILES string of the molecule is CC1=C2c3c(cc(C4C(C(C)C)=Cc5c(-c6ccc(C(C)(C)C)cc6)cccc54)c(c3-c3cccc4ccccc34)[Si]2(C)C)C1. The second-order valence-electron chi connectivity index (χ2n) is 15.6. The van der Waals surface area contributed by atoms with Crippen molar-refractivity contribution in [2.45, 2.75) is 72.4 Å². The summed E-state index contributed by atoms with van der Waals surface area (Å²) in [4.78, 5) is 0. The van der Waals surface area contributed by atoms with Gasteiger partial charge in [-0.05, 0) is 101 Å². The van der Waals surface area contributed by atoms with Crippen LogP contribution in [-0.4, -0.2) is 8.07 Å². The molecule has 2 bridgehead atoms. The fourth-order valence-electron chi connectivity index (χ4n) is 9.03. The quantitative estimate of drug-likeness (QED) is 0.180. The molecule has 0 radical (unpaired) electrons. The molecule has 45 heavy (non-hydrogen) atoms. The Hall–Kier alpha value is -3.94. The van der Waals surface area contributed by atoms with Crippen LogP contribution >= 0.6 is 0 Å². The van der Waals surface area contributed by atoms with Crippen LogP contribution in [0.25, 0.3) is 44.3 Å². The first-order valence-electron chi connectivity index (χ1n) is 16.8. The molecule has 0 saturated heterocycles. The van der Waals surface area contributed by atoms with Gasteiger partial charge in [0.25, 0.3) is 0 Å². The zero-order valence-corrected chi connectivity index (χ0v) is 29.1. The van der Waals surface area contributed by atoms with Crippen LogP contribution in [0, 0.1) is 5.92 Å². The van der Waals surface area contributed by atoms with Crippen molar-refractivity contribution in [3.8, 4) is 22.3 Å². The van der Waals surface area contributed by atoms with Gasteiger partial charge < -0.3 is 0 Å². The number of allylic oxidation sites excluding steroid dienone is 2. The third-order valence-corrected chi connectivity index (χ3v) is 14.7. The molecule has 5 aromatic carbocycles. The lowest BCUT2D eigenvalue weighted by Gasteiger charge is -2.30. The number of benzene rings is 5. The third-order valence-electron chi connectivity index (χ3n) is 11.0. The smallest absolute Gasteiger partial charge is 0.0686 e. The number of hydrogen-bond donors (Lipinski definition) is 0. The van der Waals surface area contributed by atoms with Gasteiger partial charge >= 0.3 is 0 Å². The van der Waals surface area contributed by atoms with E-state index in [-0.39, 0.29) is 11.3 Å². The topological polar surface area (TPSA) is 0 Å². The molecule has 8 rings (SSSR count). The fourth-order valence-corrected chi connectivity index (χ4v) is 13.2. The molecule has 224 valence electrons. The average molecular weight is 601 g/mol. The Kier molecular flexibility index (Phi) is 6.20. The first kappa shape index (κ1) is 28.5. The molecular formula is C44H44Si. The van der Waals surface area contributed by atoms with Gasteiger partial charge in [0.15, 0.2) is 0 Å². The number of rotatable bonds is 4. The Morgan fingerprint density at radius 2 is 1.44 bits per heavy atom. The van der Waals surface area contributed by atoms with Gasteiger partial charge in [0, 0.05) is 5.92 Å². The van der Waals surface area contributed by atoms with Crippen LogP contribution in [0.15, 0.2) is 102 Å². The summed E-state index contributed by atoms with van der Waals surface area (Å²) >= 11 is 0. The second kappa shape index (κ2) is 9.78. The average Bonchev–Trinajstić information content (AvgIpc) is 3.62. The molecule has 0 N–H and O–H groups in total. The van der Waals surface area contributed by atoms with E-state index in [0.29, 0.717) is 5.92 Å². The van der Waals surface area contributed by atoms with E-state index in [1.165, 1.54) is 44.2 Å². The van der Waals surface area contributed by atoms with Crippen LogP contribution in [0.2, 0.25) is 13.1 Å². The molecule has 3 aliphatic rings. The highest BCUT2D eigenvalue weighted by molar-refractivity contribution is 7.07. The van der Waals surface area contributed by atoms with Crippen molar-refractivity contribution in [3.05, 3.63) is 136 Å². The molecule has 1 atom stereocenters. The van der Waals surface area contributed by atoms with Crippen molar-refractivity contribution in [3.63, 3.8) is 0 Å². The highest BCUT2D eigenvalue weighted by Crippen LogP contribution is 2.55. The predicted molar refractivity (Wildman–Crippen MR) is 198 cm³/mol. The summed E-state index contributed by atoms with van der Waals surface area (Å²) in [5, 5.41) is 6.10. The Bertz CT molecular complexity index is 2100. The molecule has 1 unspecified atom stereocenters. The monoisotopic (exact) mass is 600 g/mol. The summed E-state index contributed by atoms with van der Waals surface area (Å²) in [7, 11) is -1.97. The highest BCUT2D eigenvalue weighted by atomic mass is 28.3. The first-order chi connectivity index (χ1) is 21.5. The van der Waals surface area contributed by atoms with E-state index in [4.69, 9.17) is 0 Å².